The van der Waals surface area contributed by atoms with Gasteiger partial charge in [-0.15, -0.1) is 0 Å². The number of hydrogen-bond donors (Lipinski definition) is 2. The van der Waals surface area contributed by atoms with Crippen LogP contribution in [0.2, 0.25) is 0 Å². The Hall–Kier alpha value is -0.610. The summed E-state index contributed by atoms with van der Waals surface area (Å²) in [6.45, 7) is 6.89. The predicted molar refractivity (Wildman–Crippen MR) is 56.8 cm³/mol. The van der Waals surface area contributed by atoms with Gasteiger partial charge in [0, 0.05) is 13.1 Å². The molecule has 1 atom stereocenters. The number of nitrogens with zero attached hydrogens (tertiary/aromatic N) is 1. The molecule has 0 aromatic rings. The van der Waals surface area contributed by atoms with Crippen LogP contribution in [0.3, 0.4) is 0 Å². The lowest BCUT2D eigenvalue weighted by Gasteiger charge is -2.26. The molecule has 0 bridgehead atoms. The highest BCUT2D eigenvalue weighted by Crippen LogP contribution is 2.04. The lowest BCUT2D eigenvalue weighted by Crippen LogP contribution is -2.47. The zero-order valence-electron chi connectivity index (χ0n) is 9.36. The van der Waals surface area contributed by atoms with Crippen molar-refractivity contribution < 1.29 is 9.90 Å². The van der Waals surface area contributed by atoms with Gasteiger partial charge in [0.15, 0.2) is 0 Å². The highest BCUT2D eigenvalue weighted by atomic mass is 16.3. The van der Waals surface area contributed by atoms with E-state index in [2.05, 4.69) is 0 Å². The Morgan fingerprint density at radius 3 is 2.36 bits per heavy atom. The molecule has 1 amide bonds. The molecule has 84 valence electrons. The molecule has 0 aliphatic carbocycles. The first-order valence-corrected chi connectivity index (χ1v) is 5.19. The van der Waals surface area contributed by atoms with Crippen LogP contribution in [0.4, 0.5) is 0 Å². The van der Waals surface area contributed by atoms with Crippen molar-refractivity contribution in [3.8, 4) is 0 Å². The topological polar surface area (TPSA) is 66.6 Å². The van der Waals surface area contributed by atoms with Crippen molar-refractivity contribution in [1.82, 2.24) is 4.90 Å². The molecule has 4 heteroatoms. The molecule has 14 heavy (non-hydrogen) atoms. The van der Waals surface area contributed by atoms with Crippen molar-refractivity contribution >= 4 is 5.91 Å². The number of aliphatic hydroxyl groups is 1. The monoisotopic (exact) mass is 202 g/mol. The fourth-order valence-corrected chi connectivity index (χ4v) is 1.22. The Balaban J connectivity index is 4.26. The second-order valence-corrected chi connectivity index (χ2v) is 3.82. The minimum absolute atomic E-state index is 0.00342. The Morgan fingerprint density at radius 1 is 1.43 bits per heavy atom. The summed E-state index contributed by atoms with van der Waals surface area (Å²) in [5.74, 6) is 0.0800. The summed E-state index contributed by atoms with van der Waals surface area (Å²) < 4.78 is 0. The summed E-state index contributed by atoms with van der Waals surface area (Å²) in [7, 11) is 0. The van der Waals surface area contributed by atoms with E-state index >= 15 is 0 Å². The fraction of sp³-hybridized carbons (Fsp3) is 0.900. The van der Waals surface area contributed by atoms with Crippen molar-refractivity contribution in [2.45, 2.75) is 33.2 Å². The Kier molecular flexibility index (Phi) is 6.49. The molecule has 0 saturated heterocycles. The van der Waals surface area contributed by atoms with Crippen LogP contribution in [-0.4, -0.2) is 41.7 Å². The molecule has 0 fully saturated rings. The molecule has 0 aliphatic rings. The standard InChI is InChI=1S/C10H22N2O2/c1-4-5-12(6-7-13)10(14)9(11)8(2)3/h8-9,13H,4-7,11H2,1-3H3/t9-/m0/s1. The SMILES string of the molecule is CCCN(CCO)C(=O)[C@@H](N)C(C)C. The van der Waals surface area contributed by atoms with Gasteiger partial charge >= 0.3 is 0 Å². The molecule has 0 aromatic carbocycles. The maximum atomic E-state index is 11.8. The molecular formula is C10H22N2O2. The van der Waals surface area contributed by atoms with E-state index in [0.29, 0.717) is 13.1 Å². The van der Waals surface area contributed by atoms with Gasteiger partial charge in [-0.3, -0.25) is 4.79 Å². The van der Waals surface area contributed by atoms with Crippen molar-refractivity contribution in [2.24, 2.45) is 11.7 Å². The molecule has 0 aromatic heterocycles. The second-order valence-electron chi connectivity index (χ2n) is 3.82. The van der Waals surface area contributed by atoms with Gasteiger partial charge in [0.05, 0.1) is 12.6 Å². The normalized spacial score (nSPS) is 13.0. The summed E-state index contributed by atoms with van der Waals surface area (Å²) in [4.78, 5) is 13.4. The number of rotatable bonds is 6. The molecule has 0 rings (SSSR count). The van der Waals surface area contributed by atoms with Gasteiger partial charge in [-0.05, 0) is 12.3 Å². The molecule has 0 aliphatic heterocycles. The third kappa shape index (κ3) is 4.07. The van der Waals surface area contributed by atoms with Crippen molar-refractivity contribution in [2.75, 3.05) is 19.7 Å². The summed E-state index contributed by atoms with van der Waals surface area (Å²) in [5, 5.41) is 8.80. The Labute approximate surface area is 86.1 Å². The van der Waals surface area contributed by atoms with Gasteiger partial charge < -0.3 is 15.7 Å². The van der Waals surface area contributed by atoms with E-state index in [1.54, 1.807) is 4.90 Å². The zero-order chi connectivity index (χ0) is 11.1. The van der Waals surface area contributed by atoms with Gasteiger partial charge in [-0.25, -0.2) is 0 Å². The van der Waals surface area contributed by atoms with Crippen LogP contribution in [0.15, 0.2) is 0 Å². The highest BCUT2D eigenvalue weighted by Gasteiger charge is 2.22. The minimum Gasteiger partial charge on any atom is -0.395 e. The van der Waals surface area contributed by atoms with Crippen LogP contribution >= 0.6 is 0 Å². The summed E-state index contributed by atoms with van der Waals surface area (Å²) in [5.41, 5.74) is 5.75. The first-order chi connectivity index (χ1) is 6.54. The van der Waals surface area contributed by atoms with Gasteiger partial charge in [-0.2, -0.15) is 0 Å². The molecular weight excluding hydrogens is 180 g/mol. The average Bonchev–Trinajstić information content (AvgIpc) is 2.15. The van der Waals surface area contributed by atoms with E-state index in [1.807, 2.05) is 20.8 Å². The Bertz CT molecular complexity index is 166. The van der Waals surface area contributed by atoms with Crippen molar-refractivity contribution in [1.29, 1.82) is 0 Å². The number of hydrogen-bond acceptors (Lipinski definition) is 3. The maximum absolute atomic E-state index is 11.8. The maximum Gasteiger partial charge on any atom is 0.239 e. The predicted octanol–water partition coefficient (Wildman–Crippen LogP) is 0.201. The molecule has 4 nitrogen and oxygen atoms in total. The van der Waals surface area contributed by atoms with Crippen molar-refractivity contribution in [3.63, 3.8) is 0 Å². The molecule has 0 heterocycles. The van der Waals surface area contributed by atoms with Crippen LogP contribution in [0.25, 0.3) is 0 Å². The summed E-state index contributed by atoms with van der Waals surface area (Å²) in [6.07, 6.45) is 0.885. The van der Waals surface area contributed by atoms with E-state index in [-0.39, 0.29) is 18.4 Å². The first-order valence-electron chi connectivity index (χ1n) is 5.19. The number of aliphatic hydroxyl groups excluding tert-OH is 1. The molecule has 3 N–H and O–H groups in total. The third-order valence-corrected chi connectivity index (χ3v) is 2.18. The van der Waals surface area contributed by atoms with E-state index in [4.69, 9.17) is 10.8 Å². The second kappa shape index (κ2) is 6.79. The van der Waals surface area contributed by atoms with Crippen molar-refractivity contribution in [3.05, 3.63) is 0 Å². The number of carbonyl (C=O) groups is 1. The summed E-state index contributed by atoms with van der Waals surface area (Å²) in [6, 6.07) is -0.451. The van der Waals surface area contributed by atoms with E-state index < -0.39 is 6.04 Å². The number of amides is 1. The largest absolute Gasteiger partial charge is 0.395 e. The molecule has 0 saturated carbocycles. The van der Waals surface area contributed by atoms with E-state index in [0.717, 1.165) is 6.42 Å². The van der Waals surface area contributed by atoms with Gasteiger partial charge in [0.1, 0.15) is 0 Å². The number of carbonyl (C=O) groups excluding carboxylic acids is 1. The van der Waals surface area contributed by atoms with E-state index in [1.165, 1.54) is 0 Å². The quantitative estimate of drug-likeness (QED) is 0.646. The van der Waals surface area contributed by atoms with Crippen LogP contribution < -0.4 is 5.73 Å². The average molecular weight is 202 g/mol. The fourth-order valence-electron chi connectivity index (χ4n) is 1.22. The van der Waals surface area contributed by atoms with Crippen LogP contribution in [0, 0.1) is 5.92 Å². The van der Waals surface area contributed by atoms with Crippen LogP contribution in [0.1, 0.15) is 27.2 Å². The first kappa shape index (κ1) is 13.4. The third-order valence-electron chi connectivity index (χ3n) is 2.18. The van der Waals surface area contributed by atoms with Gasteiger partial charge in [0.25, 0.3) is 0 Å². The van der Waals surface area contributed by atoms with E-state index in [9.17, 15) is 4.79 Å². The summed E-state index contributed by atoms with van der Waals surface area (Å²) >= 11 is 0. The lowest BCUT2D eigenvalue weighted by molar-refractivity contribution is -0.134. The van der Waals surface area contributed by atoms with Gasteiger partial charge in [0.2, 0.25) is 5.91 Å². The molecule has 0 spiro atoms. The zero-order valence-corrected chi connectivity index (χ0v) is 9.36. The highest BCUT2D eigenvalue weighted by molar-refractivity contribution is 5.81. The lowest BCUT2D eigenvalue weighted by atomic mass is 10.0. The molecule has 0 radical (unpaired) electrons. The molecule has 0 unspecified atom stereocenters. The van der Waals surface area contributed by atoms with Gasteiger partial charge in [-0.1, -0.05) is 20.8 Å². The van der Waals surface area contributed by atoms with Crippen LogP contribution in [0.5, 0.6) is 0 Å². The van der Waals surface area contributed by atoms with Crippen LogP contribution in [-0.2, 0) is 4.79 Å². The Morgan fingerprint density at radius 2 is 2.00 bits per heavy atom. The number of nitrogens with two attached hydrogens (primary N) is 1. The smallest absolute Gasteiger partial charge is 0.239 e. The minimum atomic E-state index is -0.451.